The average Bonchev–Trinajstić information content (AvgIpc) is 3.44. The van der Waals surface area contributed by atoms with E-state index in [1.807, 2.05) is 47.8 Å². The first kappa shape index (κ1) is 18.5. The van der Waals surface area contributed by atoms with Gasteiger partial charge in [-0.3, -0.25) is 4.79 Å². The van der Waals surface area contributed by atoms with E-state index >= 15 is 0 Å². The molecular weight excluding hydrogens is 414 g/mol. The Morgan fingerprint density at radius 3 is 2.63 bits per heavy atom. The summed E-state index contributed by atoms with van der Waals surface area (Å²) >= 11 is 3.05. The number of carbonyl (C=O) groups is 1. The number of benzene rings is 3. The molecule has 0 atom stereocenters. The summed E-state index contributed by atoms with van der Waals surface area (Å²) in [6.07, 6.45) is 1.68. The second-order valence-corrected chi connectivity index (χ2v) is 8.33. The fraction of sp³-hybridized carbons (Fsp3) is 0. The summed E-state index contributed by atoms with van der Waals surface area (Å²) in [5.74, 6) is 0.455. The minimum absolute atomic E-state index is 0.183. The van der Waals surface area contributed by atoms with Gasteiger partial charge in [-0.2, -0.15) is 0 Å². The van der Waals surface area contributed by atoms with Gasteiger partial charge in [-0.15, -0.1) is 11.3 Å². The second-order valence-electron chi connectivity index (χ2n) is 6.45. The minimum atomic E-state index is -0.183. The van der Waals surface area contributed by atoms with Crippen LogP contribution in [0.15, 0.2) is 84.4 Å². The number of hydrogen-bond acceptors (Lipinski definition) is 6. The Labute approximate surface area is 180 Å². The first-order chi connectivity index (χ1) is 14.7. The van der Waals surface area contributed by atoms with Crippen LogP contribution in [0.1, 0.15) is 10.4 Å². The molecule has 5 aromatic rings. The zero-order valence-electron chi connectivity index (χ0n) is 15.6. The fourth-order valence-electron chi connectivity index (χ4n) is 2.96. The van der Waals surface area contributed by atoms with Gasteiger partial charge in [0.05, 0.1) is 10.2 Å². The van der Waals surface area contributed by atoms with Gasteiger partial charge in [0.15, 0.2) is 0 Å². The largest absolute Gasteiger partial charge is 0.431 e. The van der Waals surface area contributed by atoms with Crippen LogP contribution in [0.4, 0.5) is 5.69 Å². The summed E-state index contributed by atoms with van der Waals surface area (Å²) in [6, 6.07) is 22.8. The van der Waals surface area contributed by atoms with E-state index in [1.165, 1.54) is 11.3 Å². The fourth-order valence-corrected chi connectivity index (χ4v) is 4.43. The predicted molar refractivity (Wildman–Crippen MR) is 122 cm³/mol. The number of rotatable bonds is 5. The van der Waals surface area contributed by atoms with E-state index < -0.39 is 0 Å². The first-order valence-electron chi connectivity index (χ1n) is 9.19. The van der Waals surface area contributed by atoms with E-state index in [0.717, 1.165) is 26.5 Å². The van der Waals surface area contributed by atoms with Gasteiger partial charge in [0.2, 0.25) is 0 Å². The lowest BCUT2D eigenvalue weighted by Gasteiger charge is -2.07. The molecule has 0 fully saturated rings. The van der Waals surface area contributed by atoms with E-state index in [-0.39, 0.29) is 5.91 Å². The van der Waals surface area contributed by atoms with E-state index in [9.17, 15) is 4.79 Å². The third-order valence-corrected chi connectivity index (χ3v) is 6.13. The van der Waals surface area contributed by atoms with Crippen LogP contribution in [-0.2, 0) is 0 Å². The van der Waals surface area contributed by atoms with Crippen molar-refractivity contribution in [1.29, 1.82) is 0 Å². The van der Waals surface area contributed by atoms with Gasteiger partial charge < -0.3 is 10.1 Å². The number of ether oxygens (including phenoxy) is 1. The van der Waals surface area contributed by atoms with Gasteiger partial charge in [-0.05, 0) is 48.5 Å². The number of hydrogen-bond donors (Lipinski definition) is 1. The maximum Gasteiger partial charge on any atom is 0.278 e. The van der Waals surface area contributed by atoms with E-state index in [2.05, 4.69) is 21.4 Å². The third-order valence-electron chi connectivity index (χ3n) is 4.39. The molecule has 2 aromatic heterocycles. The lowest BCUT2D eigenvalue weighted by molar-refractivity contribution is 0.102. The Hall–Kier alpha value is -3.55. The molecule has 146 valence electrons. The van der Waals surface area contributed by atoms with Crippen molar-refractivity contribution in [1.82, 2.24) is 9.97 Å². The number of thiazole rings is 2. The molecule has 0 saturated carbocycles. The average molecular weight is 430 g/mol. The van der Waals surface area contributed by atoms with Crippen molar-refractivity contribution in [2.24, 2.45) is 0 Å². The third kappa shape index (κ3) is 3.94. The highest BCUT2D eigenvalue weighted by molar-refractivity contribution is 7.21. The van der Waals surface area contributed by atoms with Gasteiger partial charge in [0.25, 0.3) is 11.1 Å². The van der Waals surface area contributed by atoms with E-state index in [1.54, 1.807) is 41.8 Å². The molecule has 0 aliphatic heterocycles. The molecular formula is C23H15N3O2S2. The zero-order chi connectivity index (χ0) is 20.3. The highest BCUT2D eigenvalue weighted by Crippen LogP contribution is 2.31. The van der Waals surface area contributed by atoms with Crippen molar-refractivity contribution in [2.45, 2.75) is 0 Å². The molecule has 5 nitrogen and oxygen atoms in total. The quantitative estimate of drug-likeness (QED) is 0.348. The summed E-state index contributed by atoms with van der Waals surface area (Å²) in [7, 11) is 0. The second kappa shape index (κ2) is 8.06. The van der Waals surface area contributed by atoms with Crippen molar-refractivity contribution < 1.29 is 9.53 Å². The Balaban J connectivity index is 1.31. The summed E-state index contributed by atoms with van der Waals surface area (Å²) in [5, 5.41) is 6.30. The summed E-state index contributed by atoms with van der Waals surface area (Å²) in [6.45, 7) is 0. The molecule has 2 heterocycles. The van der Waals surface area contributed by atoms with Gasteiger partial charge >= 0.3 is 0 Å². The number of nitrogens with zero attached hydrogens (tertiary/aromatic N) is 2. The molecule has 0 saturated heterocycles. The molecule has 0 radical (unpaired) electrons. The van der Waals surface area contributed by atoms with Crippen molar-refractivity contribution in [3.8, 4) is 21.5 Å². The number of anilines is 1. The molecule has 0 bridgehead atoms. The van der Waals surface area contributed by atoms with Crippen molar-refractivity contribution in [3.63, 3.8) is 0 Å². The van der Waals surface area contributed by atoms with Crippen LogP contribution < -0.4 is 10.1 Å². The summed E-state index contributed by atoms with van der Waals surface area (Å²) in [4.78, 5) is 21.4. The highest BCUT2D eigenvalue weighted by Gasteiger charge is 2.10. The van der Waals surface area contributed by atoms with Gasteiger partial charge in [-0.1, -0.05) is 35.6 Å². The van der Waals surface area contributed by atoms with Crippen LogP contribution >= 0.6 is 22.7 Å². The van der Waals surface area contributed by atoms with Crippen molar-refractivity contribution >= 4 is 44.5 Å². The standard InChI is InChI=1S/C23H15N3O2S2/c27-21(15-8-10-18(11-9-15)28-23-24-12-13-29-23)25-17-5-3-4-16(14-17)22-26-19-6-1-2-7-20(19)30-22/h1-14H,(H,25,27). The Morgan fingerprint density at radius 1 is 0.967 bits per heavy atom. The van der Waals surface area contributed by atoms with Gasteiger partial charge in [0, 0.05) is 28.4 Å². The normalized spacial score (nSPS) is 10.8. The molecule has 0 aliphatic rings. The molecule has 0 spiro atoms. The van der Waals surface area contributed by atoms with Gasteiger partial charge in [-0.25, -0.2) is 9.97 Å². The Bertz CT molecular complexity index is 1280. The molecule has 7 heteroatoms. The minimum Gasteiger partial charge on any atom is -0.431 e. The van der Waals surface area contributed by atoms with Crippen LogP contribution in [0.25, 0.3) is 20.8 Å². The molecule has 1 amide bonds. The lowest BCUT2D eigenvalue weighted by Crippen LogP contribution is -2.11. The number of amides is 1. The maximum atomic E-state index is 12.7. The molecule has 1 N–H and O–H groups in total. The SMILES string of the molecule is O=C(Nc1cccc(-c2nc3ccccc3s2)c1)c1ccc(Oc2nccs2)cc1. The van der Waals surface area contributed by atoms with Crippen molar-refractivity contribution in [2.75, 3.05) is 5.32 Å². The summed E-state index contributed by atoms with van der Waals surface area (Å²) in [5.41, 5.74) is 3.22. The number of nitrogens with one attached hydrogen (secondary N) is 1. The Kier molecular flexibility index (Phi) is 4.96. The topological polar surface area (TPSA) is 64.1 Å². The summed E-state index contributed by atoms with van der Waals surface area (Å²) < 4.78 is 6.77. The smallest absolute Gasteiger partial charge is 0.278 e. The van der Waals surface area contributed by atoms with Crippen LogP contribution in [0.3, 0.4) is 0 Å². The molecule has 0 aliphatic carbocycles. The molecule has 0 unspecified atom stereocenters. The van der Waals surface area contributed by atoms with Crippen LogP contribution in [0.2, 0.25) is 0 Å². The van der Waals surface area contributed by atoms with Gasteiger partial charge in [0.1, 0.15) is 10.8 Å². The number of aromatic nitrogens is 2. The van der Waals surface area contributed by atoms with Crippen LogP contribution in [0, 0.1) is 0 Å². The van der Waals surface area contributed by atoms with E-state index in [0.29, 0.717) is 16.5 Å². The number of fused-ring (bicyclic) bond motifs is 1. The van der Waals surface area contributed by atoms with Crippen molar-refractivity contribution in [3.05, 3.63) is 89.9 Å². The van der Waals surface area contributed by atoms with Crippen LogP contribution in [0.5, 0.6) is 10.9 Å². The molecule has 5 rings (SSSR count). The zero-order valence-corrected chi connectivity index (χ0v) is 17.2. The maximum absolute atomic E-state index is 12.7. The molecule has 3 aromatic carbocycles. The van der Waals surface area contributed by atoms with Crippen LogP contribution in [-0.4, -0.2) is 15.9 Å². The predicted octanol–water partition coefficient (Wildman–Crippen LogP) is 6.46. The number of para-hydroxylation sites is 1. The number of carbonyl (C=O) groups excluding carboxylic acids is 1. The first-order valence-corrected chi connectivity index (χ1v) is 10.9. The van der Waals surface area contributed by atoms with E-state index in [4.69, 9.17) is 4.74 Å². The molecule has 30 heavy (non-hydrogen) atoms. The monoisotopic (exact) mass is 429 g/mol. The highest BCUT2D eigenvalue weighted by atomic mass is 32.1. The Morgan fingerprint density at radius 2 is 1.83 bits per heavy atom. The lowest BCUT2D eigenvalue weighted by atomic mass is 10.1.